The molecular formula is C19H23N3O2S. The molecule has 0 unspecified atom stereocenters. The molecule has 1 atom stereocenters. The Labute approximate surface area is 152 Å². The van der Waals surface area contributed by atoms with Gasteiger partial charge in [-0.2, -0.15) is 0 Å². The second-order valence-corrected chi connectivity index (χ2v) is 8.11. The zero-order valence-electron chi connectivity index (χ0n) is 14.6. The van der Waals surface area contributed by atoms with Crippen LogP contribution in [-0.2, 0) is 0 Å². The number of ether oxygens (including phenoxy) is 1. The molecule has 0 N–H and O–H groups in total. The van der Waals surface area contributed by atoms with Gasteiger partial charge < -0.3 is 9.30 Å². The minimum Gasteiger partial charge on any atom is -0.494 e. The molecule has 0 spiro atoms. The molecule has 2 fully saturated rings. The molecule has 1 heterocycles. The fraction of sp³-hybridized carbons (Fsp3) is 0.526. The molecular weight excluding hydrogens is 334 g/mol. The van der Waals surface area contributed by atoms with E-state index in [9.17, 15) is 4.79 Å². The van der Waals surface area contributed by atoms with Crippen molar-refractivity contribution in [2.24, 2.45) is 0 Å². The zero-order chi connectivity index (χ0) is 17.4. The number of ketones is 1. The molecule has 2 saturated carbocycles. The summed E-state index contributed by atoms with van der Waals surface area (Å²) in [6.45, 7) is 4.52. The van der Waals surface area contributed by atoms with Gasteiger partial charge in [0, 0.05) is 17.5 Å². The normalized spacial score (nSPS) is 18.2. The third-order valence-corrected chi connectivity index (χ3v) is 5.70. The molecule has 1 aromatic heterocycles. The van der Waals surface area contributed by atoms with Crippen LogP contribution < -0.4 is 4.74 Å². The van der Waals surface area contributed by atoms with Crippen LogP contribution in [0.3, 0.4) is 0 Å². The van der Waals surface area contributed by atoms with Gasteiger partial charge in [0.1, 0.15) is 11.6 Å². The minimum atomic E-state index is -0.188. The smallest absolute Gasteiger partial charge is 0.192 e. The van der Waals surface area contributed by atoms with Crippen LogP contribution in [0.2, 0.25) is 0 Å². The summed E-state index contributed by atoms with van der Waals surface area (Å²) < 4.78 is 7.73. The number of Topliss-reactive ketones (excluding diaryl/α,β-unsaturated/α-hetero) is 1. The second-order valence-electron chi connectivity index (χ2n) is 6.80. The number of hydrogen-bond donors (Lipinski definition) is 0. The Hall–Kier alpha value is -1.82. The van der Waals surface area contributed by atoms with Gasteiger partial charge in [-0.25, -0.2) is 0 Å². The lowest BCUT2D eigenvalue weighted by atomic mass is 10.1. The van der Waals surface area contributed by atoms with Crippen molar-refractivity contribution in [2.45, 2.75) is 61.9 Å². The fourth-order valence-electron chi connectivity index (χ4n) is 2.99. The van der Waals surface area contributed by atoms with Crippen molar-refractivity contribution >= 4 is 17.5 Å². The SMILES string of the molecule is CCOc1ccc(C(=O)[C@@H](C)Sc2nnc(C3CC3)n2C2CC2)cc1. The Balaban J connectivity index is 1.48. The summed E-state index contributed by atoms with van der Waals surface area (Å²) in [5.41, 5.74) is 0.711. The maximum Gasteiger partial charge on any atom is 0.192 e. The van der Waals surface area contributed by atoms with Gasteiger partial charge in [-0.15, -0.1) is 10.2 Å². The van der Waals surface area contributed by atoms with E-state index in [1.807, 2.05) is 38.1 Å². The molecule has 4 rings (SSSR count). The number of nitrogens with zero attached hydrogens (tertiary/aromatic N) is 3. The molecule has 0 bridgehead atoms. The van der Waals surface area contributed by atoms with Crippen molar-refractivity contribution in [3.63, 3.8) is 0 Å². The molecule has 2 aromatic rings. The van der Waals surface area contributed by atoms with Crippen molar-refractivity contribution in [3.8, 4) is 5.75 Å². The minimum absolute atomic E-state index is 0.117. The van der Waals surface area contributed by atoms with Crippen LogP contribution in [0.5, 0.6) is 5.75 Å². The van der Waals surface area contributed by atoms with Gasteiger partial charge in [-0.05, 0) is 63.8 Å². The van der Waals surface area contributed by atoms with Gasteiger partial charge in [0.25, 0.3) is 0 Å². The van der Waals surface area contributed by atoms with E-state index >= 15 is 0 Å². The van der Waals surface area contributed by atoms with Gasteiger partial charge in [0.2, 0.25) is 0 Å². The summed E-state index contributed by atoms with van der Waals surface area (Å²) in [7, 11) is 0. The van der Waals surface area contributed by atoms with Crippen molar-refractivity contribution < 1.29 is 9.53 Å². The number of aromatic nitrogens is 3. The third kappa shape index (κ3) is 3.59. The largest absolute Gasteiger partial charge is 0.494 e. The maximum atomic E-state index is 12.7. The fourth-order valence-corrected chi connectivity index (χ4v) is 4.00. The predicted molar refractivity (Wildman–Crippen MR) is 97.5 cm³/mol. The lowest BCUT2D eigenvalue weighted by Gasteiger charge is -2.12. The molecule has 132 valence electrons. The van der Waals surface area contributed by atoms with Crippen LogP contribution in [0.4, 0.5) is 0 Å². The molecule has 2 aliphatic carbocycles. The maximum absolute atomic E-state index is 12.7. The number of hydrogen-bond acceptors (Lipinski definition) is 5. The quantitative estimate of drug-likeness (QED) is 0.522. The van der Waals surface area contributed by atoms with E-state index in [0.717, 1.165) is 16.7 Å². The van der Waals surface area contributed by atoms with E-state index in [1.54, 1.807) is 0 Å². The van der Waals surface area contributed by atoms with E-state index in [4.69, 9.17) is 4.74 Å². The summed E-state index contributed by atoms with van der Waals surface area (Å²) in [5, 5.41) is 9.53. The molecule has 5 nitrogen and oxygen atoms in total. The van der Waals surface area contributed by atoms with Gasteiger partial charge in [0.05, 0.1) is 11.9 Å². The summed E-state index contributed by atoms with van der Waals surface area (Å²) in [6.07, 6.45) is 4.84. The standard InChI is InChI=1S/C19H23N3O2S/c1-3-24-16-10-6-13(7-11-16)17(23)12(2)25-19-21-20-18(14-4-5-14)22(19)15-8-9-15/h6-7,10-12,14-15H,3-5,8-9H2,1-2H3/t12-/m1/s1. The van der Waals surface area contributed by atoms with Crippen LogP contribution in [-0.4, -0.2) is 32.4 Å². The Morgan fingerprint density at radius 2 is 1.96 bits per heavy atom. The molecule has 0 saturated heterocycles. The Kier molecular flexibility index (Phi) is 4.54. The van der Waals surface area contributed by atoms with Gasteiger partial charge in [-0.1, -0.05) is 11.8 Å². The first-order valence-corrected chi connectivity index (χ1v) is 9.94. The highest BCUT2D eigenvalue weighted by Gasteiger charge is 2.37. The van der Waals surface area contributed by atoms with Crippen molar-refractivity contribution in [3.05, 3.63) is 35.7 Å². The summed E-state index contributed by atoms with van der Waals surface area (Å²) in [6, 6.07) is 7.93. The number of carbonyl (C=O) groups excluding carboxylic acids is 1. The zero-order valence-corrected chi connectivity index (χ0v) is 15.5. The first-order chi connectivity index (χ1) is 12.2. The summed E-state index contributed by atoms with van der Waals surface area (Å²) in [5.74, 6) is 2.62. The van der Waals surface area contributed by atoms with E-state index in [2.05, 4.69) is 14.8 Å². The predicted octanol–water partition coefficient (Wildman–Crippen LogP) is 4.25. The third-order valence-electron chi connectivity index (χ3n) is 4.65. The lowest BCUT2D eigenvalue weighted by Crippen LogP contribution is -2.15. The van der Waals surface area contributed by atoms with Crippen molar-refractivity contribution in [1.82, 2.24) is 14.8 Å². The van der Waals surface area contributed by atoms with Gasteiger partial charge in [0.15, 0.2) is 10.9 Å². The average molecular weight is 357 g/mol. The molecule has 0 aliphatic heterocycles. The summed E-state index contributed by atoms with van der Waals surface area (Å²) in [4.78, 5) is 12.7. The first-order valence-electron chi connectivity index (χ1n) is 9.06. The van der Waals surface area contributed by atoms with Crippen molar-refractivity contribution in [1.29, 1.82) is 0 Å². The monoisotopic (exact) mass is 357 g/mol. The second kappa shape index (κ2) is 6.83. The topological polar surface area (TPSA) is 57.0 Å². The lowest BCUT2D eigenvalue weighted by molar-refractivity contribution is 0.0994. The first kappa shape index (κ1) is 16.6. The van der Waals surface area contributed by atoms with Crippen LogP contribution in [0.25, 0.3) is 0 Å². The highest BCUT2D eigenvalue weighted by atomic mass is 32.2. The van der Waals surface area contributed by atoms with Crippen LogP contribution in [0.15, 0.2) is 29.4 Å². The average Bonchev–Trinajstić information content (AvgIpc) is 3.54. The van der Waals surface area contributed by atoms with Crippen molar-refractivity contribution in [2.75, 3.05) is 6.61 Å². The molecule has 6 heteroatoms. The van der Waals surface area contributed by atoms with Gasteiger partial charge >= 0.3 is 0 Å². The number of rotatable bonds is 8. The number of benzene rings is 1. The molecule has 1 aromatic carbocycles. The number of thioether (sulfide) groups is 1. The Morgan fingerprint density at radius 3 is 2.56 bits per heavy atom. The summed E-state index contributed by atoms with van der Waals surface area (Å²) >= 11 is 1.53. The Morgan fingerprint density at radius 1 is 1.24 bits per heavy atom. The van der Waals surface area contributed by atoms with E-state index in [1.165, 1.54) is 37.4 Å². The van der Waals surface area contributed by atoms with E-state index in [-0.39, 0.29) is 11.0 Å². The van der Waals surface area contributed by atoms with Crippen LogP contribution >= 0.6 is 11.8 Å². The molecule has 25 heavy (non-hydrogen) atoms. The van der Waals surface area contributed by atoms with Gasteiger partial charge in [-0.3, -0.25) is 4.79 Å². The van der Waals surface area contributed by atoms with Crippen LogP contribution in [0.1, 0.15) is 67.7 Å². The highest BCUT2D eigenvalue weighted by Crippen LogP contribution is 2.46. The Bertz CT molecular complexity index is 763. The van der Waals surface area contributed by atoms with Crippen LogP contribution in [0, 0.1) is 0 Å². The van der Waals surface area contributed by atoms with E-state index < -0.39 is 0 Å². The highest BCUT2D eigenvalue weighted by molar-refractivity contribution is 8.00. The molecule has 0 radical (unpaired) electrons. The molecule has 0 amide bonds. The van der Waals surface area contributed by atoms with E-state index in [0.29, 0.717) is 24.1 Å². The molecule has 2 aliphatic rings. The number of carbonyl (C=O) groups is 1.